The lowest BCUT2D eigenvalue weighted by Crippen LogP contribution is -2.42. The highest BCUT2D eigenvalue weighted by atomic mass is 28.3. The van der Waals surface area contributed by atoms with Gasteiger partial charge in [-0.25, -0.2) is 4.79 Å². The van der Waals surface area contributed by atoms with Gasteiger partial charge in [0, 0.05) is 18.4 Å². The zero-order valence-electron chi connectivity index (χ0n) is 9.95. The fourth-order valence-corrected chi connectivity index (χ4v) is 3.11. The summed E-state index contributed by atoms with van der Waals surface area (Å²) < 4.78 is 5.70. The lowest BCUT2D eigenvalue weighted by molar-refractivity contribution is -0.131. The van der Waals surface area contributed by atoms with Crippen LogP contribution < -0.4 is 0 Å². The van der Waals surface area contributed by atoms with Crippen molar-refractivity contribution in [2.24, 2.45) is 0 Å². The summed E-state index contributed by atoms with van der Waals surface area (Å²) in [6.45, 7) is 11.1. The van der Waals surface area contributed by atoms with Crippen LogP contribution in [0.1, 0.15) is 19.3 Å². The van der Waals surface area contributed by atoms with Crippen molar-refractivity contribution in [1.29, 1.82) is 0 Å². The van der Waals surface area contributed by atoms with Gasteiger partial charge in [0.05, 0.1) is 8.07 Å². The summed E-state index contributed by atoms with van der Waals surface area (Å²) in [6.07, 6.45) is 4.81. The molecule has 0 aromatic rings. The molecule has 1 aliphatic rings. The largest absolute Gasteiger partial charge is 0.478 e. The molecule has 0 saturated carbocycles. The molecule has 1 N–H and O–H groups in total. The molecule has 0 aliphatic carbocycles. The van der Waals surface area contributed by atoms with Gasteiger partial charge in [-0.15, -0.1) is 0 Å². The first-order chi connectivity index (χ1) is 6.88. The molecule has 4 heteroatoms. The van der Waals surface area contributed by atoms with E-state index in [1.54, 1.807) is 0 Å². The van der Waals surface area contributed by atoms with Crippen molar-refractivity contribution >= 4 is 14.0 Å². The van der Waals surface area contributed by atoms with Gasteiger partial charge in [-0.1, -0.05) is 26.2 Å². The van der Waals surface area contributed by atoms with Crippen molar-refractivity contribution in [2.75, 3.05) is 6.61 Å². The minimum atomic E-state index is -0.981. The first kappa shape index (κ1) is 14.4. The van der Waals surface area contributed by atoms with Crippen LogP contribution in [-0.4, -0.2) is 31.5 Å². The maximum Gasteiger partial charge on any atom is 0.327 e. The van der Waals surface area contributed by atoms with Gasteiger partial charge in [-0.05, 0) is 19.3 Å². The molecule has 0 spiro atoms. The Labute approximate surface area is 93.1 Å². The monoisotopic (exact) mass is 230 g/mol. The lowest BCUT2D eigenvalue weighted by atomic mass is 10.2. The topological polar surface area (TPSA) is 46.5 Å². The van der Waals surface area contributed by atoms with E-state index in [-0.39, 0.29) is 0 Å². The van der Waals surface area contributed by atoms with E-state index in [4.69, 9.17) is 9.84 Å². The summed E-state index contributed by atoms with van der Waals surface area (Å²) in [7, 11) is -0.979. The van der Waals surface area contributed by atoms with Gasteiger partial charge in [-0.2, -0.15) is 0 Å². The minimum Gasteiger partial charge on any atom is -0.478 e. The van der Waals surface area contributed by atoms with Gasteiger partial charge in [0.1, 0.15) is 0 Å². The molecule has 15 heavy (non-hydrogen) atoms. The van der Waals surface area contributed by atoms with Gasteiger partial charge < -0.3 is 9.84 Å². The van der Waals surface area contributed by atoms with Crippen LogP contribution in [0.4, 0.5) is 0 Å². The summed E-state index contributed by atoms with van der Waals surface area (Å²) >= 11 is 0. The maximum absolute atomic E-state index is 9.25. The van der Waals surface area contributed by atoms with Crippen molar-refractivity contribution in [1.82, 2.24) is 0 Å². The first-order valence-corrected chi connectivity index (χ1v) is 8.92. The van der Waals surface area contributed by atoms with Crippen LogP contribution in [0.2, 0.25) is 19.6 Å². The Morgan fingerprint density at radius 2 is 2.00 bits per heavy atom. The van der Waals surface area contributed by atoms with E-state index in [0.29, 0.717) is 5.73 Å². The fraction of sp³-hybridized carbons (Fsp3) is 0.727. The van der Waals surface area contributed by atoms with Crippen LogP contribution in [0, 0.1) is 0 Å². The van der Waals surface area contributed by atoms with E-state index in [9.17, 15) is 4.79 Å². The predicted molar refractivity (Wildman–Crippen MR) is 64.8 cm³/mol. The summed E-state index contributed by atoms with van der Waals surface area (Å²) in [4.78, 5) is 9.25. The molecule has 0 amide bonds. The molecule has 1 aliphatic heterocycles. The van der Waals surface area contributed by atoms with E-state index in [2.05, 4.69) is 26.2 Å². The lowest BCUT2D eigenvalue weighted by Gasteiger charge is -2.32. The number of rotatable bonds is 2. The number of aliphatic carboxylic acids is 1. The minimum absolute atomic E-state index is 0.640. The zero-order chi connectivity index (χ0) is 11.9. The third-order valence-electron chi connectivity index (χ3n) is 2.32. The molecule has 1 atom stereocenters. The summed E-state index contributed by atoms with van der Waals surface area (Å²) in [5.74, 6) is -0.981. The molecular formula is C11H22O3Si. The average Bonchev–Trinajstić information content (AvgIpc) is 2.19. The van der Waals surface area contributed by atoms with Crippen LogP contribution >= 0.6 is 0 Å². The van der Waals surface area contributed by atoms with Crippen LogP contribution in [0.25, 0.3) is 0 Å². The Morgan fingerprint density at radius 1 is 1.47 bits per heavy atom. The molecule has 0 bridgehead atoms. The first-order valence-electron chi connectivity index (χ1n) is 5.35. The van der Waals surface area contributed by atoms with Crippen LogP contribution in [0.15, 0.2) is 12.7 Å². The van der Waals surface area contributed by atoms with Crippen LogP contribution in [-0.2, 0) is 9.53 Å². The van der Waals surface area contributed by atoms with Gasteiger partial charge in [0.15, 0.2) is 0 Å². The Bertz CT molecular complexity index is 202. The SMILES string of the molecule is C=CC(=O)O.C[Si](C)(C)C1CCCCO1. The molecule has 1 saturated heterocycles. The molecule has 0 aromatic carbocycles. The normalized spacial score (nSPS) is 21.1. The highest BCUT2D eigenvalue weighted by Crippen LogP contribution is 2.21. The number of carboxylic acids is 1. The number of carbonyl (C=O) groups is 1. The molecular weight excluding hydrogens is 208 g/mol. The van der Waals surface area contributed by atoms with Crippen molar-refractivity contribution in [3.63, 3.8) is 0 Å². The fourth-order valence-electron chi connectivity index (χ4n) is 1.42. The quantitative estimate of drug-likeness (QED) is 0.586. The Balaban J connectivity index is 0.000000336. The zero-order valence-corrected chi connectivity index (χ0v) is 11.0. The summed E-state index contributed by atoms with van der Waals surface area (Å²) in [6, 6.07) is 0. The number of hydrogen-bond donors (Lipinski definition) is 1. The second-order valence-corrected chi connectivity index (χ2v) is 10.1. The molecule has 1 unspecified atom stereocenters. The summed E-state index contributed by atoms with van der Waals surface area (Å²) in [5, 5.41) is 7.60. The number of ether oxygens (including phenoxy) is 1. The van der Waals surface area contributed by atoms with Gasteiger partial charge in [-0.3, -0.25) is 0 Å². The van der Waals surface area contributed by atoms with Crippen molar-refractivity contribution in [3.8, 4) is 0 Å². The van der Waals surface area contributed by atoms with E-state index in [0.717, 1.165) is 12.7 Å². The van der Waals surface area contributed by atoms with E-state index >= 15 is 0 Å². The van der Waals surface area contributed by atoms with Gasteiger partial charge >= 0.3 is 5.97 Å². The Hall–Kier alpha value is -0.613. The average molecular weight is 230 g/mol. The Morgan fingerprint density at radius 3 is 2.20 bits per heavy atom. The highest BCUT2D eigenvalue weighted by molar-refractivity contribution is 6.77. The van der Waals surface area contributed by atoms with Crippen molar-refractivity contribution < 1.29 is 14.6 Å². The number of hydrogen-bond acceptors (Lipinski definition) is 2. The maximum atomic E-state index is 9.25. The highest BCUT2D eigenvalue weighted by Gasteiger charge is 2.28. The third kappa shape index (κ3) is 7.33. The molecule has 88 valence electrons. The predicted octanol–water partition coefficient (Wildman–Crippen LogP) is 2.69. The smallest absolute Gasteiger partial charge is 0.327 e. The Kier molecular flexibility index (Phi) is 6.52. The molecule has 1 rings (SSSR count). The number of carboxylic acid groups (broad SMARTS) is 1. The van der Waals surface area contributed by atoms with E-state index in [1.165, 1.54) is 19.3 Å². The van der Waals surface area contributed by atoms with E-state index < -0.39 is 14.0 Å². The standard InChI is InChI=1S/C8H18OSi.C3H4O2/c1-10(2,3)8-6-4-5-7-9-8;1-2-3(4)5/h8H,4-7H2,1-3H3;2H,1H2,(H,4,5). The van der Waals surface area contributed by atoms with E-state index in [1.807, 2.05) is 0 Å². The van der Waals surface area contributed by atoms with Gasteiger partial charge in [0.2, 0.25) is 0 Å². The summed E-state index contributed by atoms with van der Waals surface area (Å²) in [5.41, 5.74) is 0.640. The van der Waals surface area contributed by atoms with Crippen LogP contribution in [0.3, 0.4) is 0 Å². The molecule has 0 radical (unpaired) electrons. The van der Waals surface area contributed by atoms with Gasteiger partial charge in [0.25, 0.3) is 0 Å². The van der Waals surface area contributed by atoms with Crippen molar-refractivity contribution in [2.45, 2.75) is 44.6 Å². The van der Waals surface area contributed by atoms with Crippen LogP contribution in [0.5, 0.6) is 0 Å². The molecule has 1 heterocycles. The third-order valence-corrected chi connectivity index (χ3v) is 4.71. The van der Waals surface area contributed by atoms with Crippen molar-refractivity contribution in [3.05, 3.63) is 12.7 Å². The molecule has 3 nitrogen and oxygen atoms in total. The molecule has 0 aromatic heterocycles. The molecule has 1 fully saturated rings. The second kappa shape index (κ2) is 6.79. The second-order valence-electron chi connectivity index (χ2n) is 4.76.